The van der Waals surface area contributed by atoms with Crippen LogP contribution in [0, 0.1) is 0 Å². The highest BCUT2D eigenvalue weighted by Gasteiger charge is 2.10. The van der Waals surface area contributed by atoms with Crippen LogP contribution >= 0.6 is 0 Å². The van der Waals surface area contributed by atoms with Gasteiger partial charge in [-0.2, -0.15) is 0 Å². The minimum atomic E-state index is -0.143. The highest BCUT2D eigenvalue weighted by atomic mass is 16.5. The molecule has 0 aliphatic carbocycles. The summed E-state index contributed by atoms with van der Waals surface area (Å²) in [5, 5.41) is 0. The van der Waals surface area contributed by atoms with Gasteiger partial charge in [0.2, 0.25) is 0 Å². The van der Waals surface area contributed by atoms with E-state index in [-0.39, 0.29) is 5.97 Å². The van der Waals surface area contributed by atoms with E-state index in [1.807, 2.05) is 20.8 Å². The van der Waals surface area contributed by atoms with Crippen LogP contribution in [0.3, 0.4) is 0 Å². The minimum Gasteiger partial charge on any atom is -0.463 e. The molecule has 0 bridgehead atoms. The second kappa shape index (κ2) is 6.70. The van der Waals surface area contributed by atoms with Gasteiger partial charge in [-0.15, -0.1) is 0 Å². The third-order valence-electron chi connectivity index (χ3n) is 2.02. The number of hydrogen-bond donors (Lipinski definition) is 0. The van der Waals surface area contributed by atoms with E-state index in [4.69, 9.17) is 4.74 Å². The van der Waals surface area contributed by atoms with E-state index in [1.165, 1.54) is 5.57 Å². The largest absolute Gasteiger partial charge is 0.463 e. The van der Waals surface area contributed by atoms with Crippen LogP contribution in [0.25, 0.3) is 0 Å². The van der Waals surface area contributed by atoms with Gasteiger partial charge in [0.1, 0.15) is 0 Å². The molecule has 0 unspecified atom stereocenters. The van der Waals surface area contributed by atoms with Crippen LogP contribution in [0.2, 0.25) is 0 Å². The quantitative estimate of drug-likeness (QED) is 0.485. The Morgan fingerprint density at radius 1 is 1.23 bits per heavy atom. The molecule has 0 radical (unpaired) electrons. The first-order valence-electron chi connectivity index (χ1n) is 5.03. The number of ether oxygens (including phenoxy) is 1. The molecule has 2 nitrogen and oxygen atoms in total. The second-order valence-electron chi connectivity index (χ2n) is 3.08. The van der Waals surface area contributed by atoms with Crippen LogP contribution in [0.15, 0.2) is 11.1 Å². The van der Waals surface area contributed by atoms with Crippen molar-refractivity contribution >= 4 is 5.97 Å². The zero-order chi connectivity index (χ0) is 10.3. The Labute approximate surface area is 81.0 Å². The van der Waals surface area contributed by atoms with Gasteiger partial charge in [-0.3, -0.25) is 0 Å². The number of carbonyl (C=O) groups excluding carboxylic acids is 1. The molecule has 0 atom stereocenters. The first kappa shape index (κ1) is 12.2. The Morgan fingerprint density at radius 2 is 1.85 bits per heavy atom. The molecule has 76 valence electrons. The first-order chi connectivity index (χ1) is 6.17. The van der Waals surface area contributed by atoms with Crippen molar-refractivity contribution in [3.63, 3.8) is 0 Å². The minimum absolute atomic E-state index is 0.143. The normalized spacial score (nSPS) is 12.3. The predicted octanol–water partition coefficient (Wildman–Crippen LogP) is 3.08. The maximum Gasteiger partial charge on any atom is 0.333 e. The molecule has 0 N–H and O–H groups in total. The molecule has 0 rings (SSSR count). The lowest BCUT2D eigenvalue weighted by atomic mass is 10.0. The molecule has 0 saturated heterocycles. The summed E-state index contributed by atoms with van der Waals surface area (Å²) in [5.41, 5.74) is 2.02. The smallest absolute Gasteiger partial charge is 0.333 e. The van der Waals surface area contributed by atoms with Crippen LogP contribution < -0.4 is 0 Å². The second-order valence-corrected chi connectivity index (χ2v) is 3.08. The Bertz CT molecular complexity index is 192. The molecule has 0 saturated carbocycles. The third kappa shape index (κ3) is 4.11. The summed E-state index contributed by atoms with van der Waals surface area (Å²) in [7, 11) is 0. The number of esters is 1. The van der Waals surface area contributed by atoms with Crippen molar-refractivity contribution in [2.45, 2.75) is 47.0 Å². The van der Waals surface area contributed by atoms with E-state index in [2.05, 4.69) is 6.92 Å². The molecule has 0 aromatic rings. The molecule has 0 aromatic carbocycles. The molecule has 0 fully saturated rings. The summed E-state index contributed by atoms with van der Waals surface area (Å²) in [6.07, 6.45) is 2.83. The topological polar surface area (TPSA) is 26.3 Å². The van der Waals surface area contributed by atoms with Crippen molar-refractivity contribution in [3.8, 4) is 0 Å². The van der Waals surface area contributed by atoms with Gasteiger partial charge in [0.05, 0.1) is 6.61 Å². The van der Waals surface area contributed by atoms with Crippen molar-refractivity contribution in [1.82, 2.24) is 0 Å². The van der Waals surface area contributed by atoms with E-state index >= 15 is 0 Å². The van der Waals surface area contributed by atoms with Crippen molar-refractivity contribution in [2.24, 2.45) is 0 Å². The van der Waals surface area contributed by atoms with Crippen molar-refractivity contribution in [3.05, 3.63) is 11.1 Å². The Balaban J connectivity index is 4.46. The molecular weight excluding hydrogens is 164 g/mol. The van der Waals surface area contributed by atoms with Gasteiger partial charge >= 0.3 is 5.97 Å². The Hall–Kier alpha value is -0.790. The van der Waals surface area contributed by atoms with Crippen molar-refractivity contribution in [1.29, 1.82) is 0 Å². The lowest BCUT2D eigenvalue weighted by molar-refractivity contribution is -0.138. The summed E-state index contributed by atoms with van der Waals surface area (Å²) in [4.78, 5) is 11.4. The van der Waals surface area contributed by atoms with Crippen LogP contribution in [0.1, 0.15) is 47.0 Å². The summed E-state index contributed by atoms with van der Waals surface area (Å²) < 4.78 is 4.97. The summed E-state index contributed by atoms with van der Waals surface area (Å²) in [6.45, 7) is 8.41. The third-order valence-corrected chi connectivity index (χ3v) is 2.02. The van der Waals surface area contributed by atoms with Gasteiger partial charge in [0, 0.05) is 5.57 Å². The fourth-order valence-electron chi connectivity index (χ4n) is 1.36. The van der Waals surface area contributed by atoms with Crippen LogP contribution in [0.5, 0.6) is 0 Å². The zero-order valence-electron chi connectivity index (χ0n) is 9.14. The average molecular weight is 184 g/mol. The van der Waals surface area contributed by atoms with Gasteiger partial charge in [-0.05, 0) is 26.7 Å². The maximum absolute atomic E-state index is 11.4. The fraction of sp³-hybridized carbons (Fsp3) is 0.727. The number of hydrogen-bond acceptors (Lipinski definition) is 2. The lowest BCUT2D eigenvalue weighted by Gasteiger charge is -2.08. The highest BCUT2D eigenvalue weighted by Crippen LogP contribution is 2.15. The lowest BCUT2D eigenvalue weighted by Crippen LogP contribution is -2.09. The fourth-order valence-corrected chi connectivity index (χ4v) is 1.36. The summed E-state index contributed by atoms with van der Waals surface area (Å²) in [5.74, 6) is -0.143. The molecule has 2 heteroatoms. The molecule has 0 aromatic heterocycles. The van der Waals surface area contributed by atoms with E-state index in [0.717, 1.165) is 24.8 Å². The molecular formula is C11H20O2. The highest BCUT2D eigenvalue weighted by molar-refractivity contribution is 5.89. The molecule has 0 aliphatic heterocycles. The van der Waals surface area contributed by atoms with Crippen molar-refractivity contribution in [2.75, 3.05) is 6.61 Å². The number of allylic oxidation sites excluding steroid dienone is 1. The van der Waals surface area contributed by atoms with Crippen LogP contribution in [0.4, 0.5) is 0 Å². The van der Waals surface area contributed by atoms with Gasteiger partial charge in [0.15, 0.2) is 0 Å². The number of carbonyl (C=O) groups is 1. The van der Waals surface area contributed by atoms with Crippen LogP contribution in [-0.4, -0.2) is 12.6 Å². The standard InChI is InChI=1S/C11H20O2/c1-5-8-9(4)10(6-2)11(12)13-7-3/h5-8H2,1-4H3/b10-9+. The molecule has 13 heavy (non-hydrogen) atoms. The Morgan fingerprint density at radius 3 is 2.23 bits per heavy atom. The van der Waals surface area contributed by atoms with E-state index in [9.17, 15) is 4.79 Å². The zero-order valence-corrected chi connectivity index (χ0v) is 9.14. The van der Waals surface area contributed by atoms with E-state index in [0.29, 0.717) is 6.61 Å². The Kier molecular flexibility index (Phi) is 6.29. The maximum atomic E-state index is 11.4. The monoisotopic (exact) mass is 184 g/mol. The SMILES string of the molecule is CCC/C(C)=C(\CC)C(=O)OCC. The first-order valence-corrected chi connectivity index (χ1v) is 5.03. The molecule has 0 amide bonds. The van der Waals surface area contributed by atoms with Gasteiger partial charge in [0.25, 0.3) is 0 Å². The van der Waals surface area contributed by atoms with Gasteiger partial charge in [-0.25, -0.2) is 4.79 Å². The van der Waals surface area contributed by atoms with E-state index < -0.39 is 0 Å². The van der Waals surface area contributed by atoms with E-state index in [1.54, 1.807) is 0 Å². The molecule has 0 heterocycles. The van der Waals surface area contributed by atoms with Gasteiger partial charge in [-0.1, -0.05) is 25.8 Å². The number of rotatable bonds is 5. The molecule has 0 spiro atoms. The molecule has 0 aliphatic rings. The predicted molar refractivity (Wildman–Crippen MR) is 54.5 cm³/mol. The summed E-state index contributed by atoms with van der Waals surface area (Å²) >= 11 is 0. The summed E-state index contributed by atoms with van der Waals surface area (Å²) in [6, 6.07) is 0. The van der Waals surface area contributed by atoms with Gasteiger partial charge < -0.3 is 4.74 Å². The average Bonchev–Trinajstić information content (AvgIpc) is 2.06. The van der Waals surface area contributed by atoms with Crippen LogP contribution in [-0.2, 0) is 9.53 Å². The van der Waals surface area contributed by atoms with Crippen molar-refractivity contribution < 1.29 is 9.53 Å².